The number of hydrogen-bond donors (Lipinski definition) is 1. The van der Waals surface area contributed by atoms with Gasteiger partial charge in [-0.1, -0.05) is 0 Å². The molecule has 1 atom stereocenters. The van der Waals surface area contributed by atoms with Crippen LogP contribution in [0, 0.1) is 0 Å². The van der Waals surface area contributed by atoms with E-state index in [-0.39, 0.29) is 12.4 Å². The van der Waals surface area contributed by atoms with Gasteiger partial charge in [-0.2, -0.15) is 0 Å². The maximum absolute atomic E-state index is 12.1. The molecule has 1 aliphatic rings. The van der Waals surface area contributed by atoms with Gasteiger partial charge in [-0.05, 0) is 19.4 Å². The van der Waals surface area contributed by atoms with Gasteiger partial charge in [0.05, 0.1) is 0 Å². The maximum atomic E-state index is 12.1. The highest BCUT2D eigenvalue weighted by atomic mass is 35.5. The van der Waals surface area contributed by atoms with Crippen molar-refractivity contribution in [2.75, 3.05) is 13.1 Å². The zero-order valence-electron chi connectivity index (χ0n) is 4.69. The summed E-state index contributed by atoms with van der Waals surface area (Å²) in [6.07, 6.45) is 1.18. The summed E-state index contributed by atoms with van der Waals surface area (Å²) >= 11 is 0. The number of rotatable bonds is 0. The Morgan fingerprint density at radius 3 is 2.50 bits per heavy atom. The summed E-state index contributed by atoms with van der Waals surface area (Å²) in [7, 11) is 0. The third-order valence-electron chi connectivity index (χ3n) is 1.24. The third-order valence-corrected chi connectivity index (χ3v) is 1.24. The van der Waals surface area contributed by atoms with E-state index in [1.807, 2.05) is 0 Å². The van der Waals surface area contributed by atoms with Gasteiger partial charge >= 0.3 is 0 Å². The molecule has 1 rings (SSSR count). The van der Waals surface area contributed by atoms with Crippen LogP contribution in [0.2, 0.25) is 0 Å². The van der Waals surface area contributed by atoms with Crippen LogP contribution in [0.5, 0.6) is 0 Å². The molecule has 1 aliphatic heterocycles. The van der Waals surface area contributed by atoms with E-state index in [1.54, 1.807) is 0 Å². The van der Waals surface area contributed by atoms with E-state index >= 15 is 0 Å². The zero-order valence-corrected chi connectivity index (χ0v) is 5.51. The highest BCUT2D eigenvalue weighted by Crippen LogP contribution is 2.03. The summed E-state index contributed by atoms with van der Waals surface area (Å²) in [6.45, 7) is 1.57. The molecule has 50 valence electrons. The lowest BCUT2D eigenvalue weighted by Crippen LogP contribution is -2.30. The Balaban J connectivity index is 0.000000490. The molecule has 1 fully saturated rings. The number of hydrogen-bond acceptors (Lipinski definition) is 1. The van der Waals surface area contributed by atoms with Crippen LogP contribution in [0.4, 0.5) is 4.39 Å². The van der Waals surface area contributed by atoms with E-state index in [4.69, 9.17) is 0 Å². The first-order chi connectivity index (χ1) is 3.39. The Morgan fingerprint density at radius 1 is 1.50 bits per heavy atom. The van der Waals surface area contributed by atoms with E-state index in [0.717, 1.165) is 19.4 Å². The second kappa shape index (κ2) is 4.10. The van der Waals surface area contributed by atoms with Crippen molar-refractivity contribution >= 4 is 12.4 Å². The summed E-state index contributed by atoms with van der Waals surface area (Å²) in [6, 6.07) is 0. The summed E-state index contributed by atoms with van der Waals surface area (Å²) in [5.74, 6) is 0. The monoisotopic (exact) mass is 139 g/mol. The number of alkyl halides is 1. The molecular weight excluding hydrogens is 129 g/mol. The molecule has 1 N–H and O–H groups in total. The molecule has 3 heteroatoms. The molecule has 0 aromatic heterocycles. The highest BCUT2D eigenvalue weighted by molar-refractivity contribution is 5.85. The molecule has 0 aliphatic carbocycles. The maximum Gasteiger partial charge on any atom is 0.113 e. The van der Waals surface area contributed by atoms with Gasteiger partial charge in [0.2, 0.25) is 0 Å². The van der Waals surface area contributed by atoms with E-state index in [1.165, 1.54) is 0 Å². The summed E-state index contributed by atoms with van der Waals surface area (Å²) < 4.78 is 12.1. The Labute approximate surface area is 55.1 Å². The van der Waals surface area contributed by atoms with Crippen LogP contribution >= 0.6 is 12.4 Å². The molecule has 0 unspecified atom stereocenters. The average molecular weight is 140 g/mol. The van der Waals surface area contributed by atoms with Crippen molar-refractivity contribution in [3.05, 3.63) is 0 Å². The number of nitrogens with one attached hydrogen (secondary N) is 1. The van der Waals surface area contributed by atoms with Crippen molar-refractivity contribution in [3.8, 4) is 0 Å². The lowest BCUT2D eigenvalue weighted by Gasteiger charge is -2.14. The van der Waals surface area contributed by atoms with Gasteiger partial charge in [0.15, 0.2) is 0 Å². The van der Waals surface area contributed by atoms with Gasteiger partial charge in [0.1, 0.15) is 6.17 Å². The molecular formula is C5H11ClFN. The van der Waals surface area contributed by atoms with Crippen LogP contribution in [0.1, 0.15) is 12.8 Å². The number of piperidine rings is 1. The Hall–Kier alpha value is 0.180. The first-order valence-electron chi connectivity index (χ1n) is 2.74. The fourth-order valence-corrected chi connectivity index (χ4v) is 0.809. The standard InChI is InChI=1S/C5H10FN.ClH/c6-5-2-1-3-7-4-5;/h5,7H,1-4H2;1H/t5-;/m0./s1. The van der Waals surface area contributed by atoms with Gasteiger partial charge < -0.3 is 5.32 Å². The van der Waals surface area contributed by atoms with Gasteiger partial charge in [-0.25, -0.2) is 4.39 Å². The quantitative estimate of drug-likeness (QED) is 0.531. The van der Waals surface area contributed by atoms with E-state index in [0.29, 0.717) is 6.54 Å². The lowest BCUT2D eigenvalue weighted by atomic mass is 10.1. The molecule has 1 nitrogen and oxygen atoms in total. The van der Waals surface area contributed by atoms with E-state index in [2.05, 4.69) is 5.32 Å². The second-order valence-corrected chi connectivity index (χ2v) is 1.94. The highest BCUT2D eigenvalue weighted by Gasteiger charge is 2.08. The molecule has 0 aromatic rings. The van der Waals surface area contributed by atoms with Crippen molar-refractivity contribution in [1.82, 2.24) is 5.32 Å². The van der Waals surface area contributed by atoms with Gasteiger partial charge in [-0.3, -0.25) is 0 Å². The van der Waals surface area contributed by atoms with Crippen molar-refractivity contribution in [1.29, 1.82) is 0 Å². The second-order valence-electron chi connectivity index (χ2n) is 1.94. The predicted molar refractivity (Wildman–Crippen MR) is 34.2 cm³/mol. The van der Waals surface area contributed by atoms with Gasteiger partial charge in [-0.15, -0.1) is 12.4 Å². The SMILES string of the molecule is Cl.F[C@H]1CCCNC1. The third kappa shape index (κ3) is 2.48. The summed E-state index contributed by atoms with van der Waals surface area (Å²) in [5.41, 5.74) is 0. The van der Waals surface area contributed by atoms with E-state index < -0.39 is 6.17 Å². The fraction of sp³-hybridized carbons (Fsp3) is 1.00. The fourth-order valence-electron chi connectivity index (χ4n) is 0.809. The predicted octanol–water partition coefficient (Wildman–Crippen LogP) is 1.13. The van der Waals surface area contributed by atoms with Gasteiger partial charge in [0, 0.05) is 6.54 Å². The molecule has 0 saturated carbocycles. The molecule has 0 bridgehead atoms. The van der Waals surface area contributed by atoms with Gasteiger partial charge in [0.25, 0.3) is 0 Å². The molecule has 1 saturated heterocycles. The zero-order chi connectivity index (χ0) is 5.11. The molecule has 0 amide bonds. The Morgan fingerprint density at radius 2 is 2.25 bits per heavy atom. The minimum Gasteiger partial charge on any atom is -0.314 e. The normalized spacial score (nSPS) is 28.9. The average Bonchev–Trinajstić information content (AvgIpc) is 1.69. The molecule has 8 heavy (non-hydrogen) atoms. The largest absolute Gasteiger partial charge is 0.314 e. The topological polar surface area (TPSA) is 12.0 Å². The minimum absolute atomic E-state index is 0. The first-order valence-corrected chi connectivity index (χ1v) is 2.74. The first kappa shape index (κ1) is 8.18. The van der Waals surface area contributed by atoms with Crippen molar-refractivity contribution in [3.63, 3.8) is 0 Å². The van der Waals surface area contributed by atoms with Crippen molar-refractivity contribution < 1.29 is 4.39 Å². The summed E-state index contributed by atoms with van der Waals surface area (Å²) in [4.78, 5) is 0. The van der Waals surface area contributed by atoms with E-state index in [9.17, 15) is 4.39 Å². The van der Waals surface area contributed by atoms with Crippen LogP contribution < -0.4 is 5.32 Å². The number of halogens is 2. The summed E-state index contributed by atoms with van der Waals surface area (Å²) in [5, 5.41) is 2.96. The van der Waals surface area contributed by atoms with Crippen LogP contribution in [0.3, 0.4) is 0 Å². The van der Waals surface area contributed by atoms with Crippen molar-refractivity contribution in [2.24, 2.45) is 0 Å². The van der Waals surface area contributed by atoms with Crippen LogP contribution in [-0.4, -0.2) is 19.3 Å². The Kier molecular flexibility index (Phi) is 4.19. The molecule has 1 heterocycles. The smallest absolute Gasteiger partial charge is 0.113 e. The van der Waals surface area contributed by atoms with Crippen LogP contribution in [0.15, 0.2) is 0 Å². The van der Waals surface area contributed by atoms with Crippen molar-refractivity contribution in [2.45, 2.75) is 19.0 Å². The molecule has 0 spiro atoms. The van der Waals surface area contributed by atoms with Crippen LogP contribution in [-0.2, 0) is 0 Å². The lowest BCUT2D eigenvalue weighted by molar-refractivity contribution is 0.266. The molecule has 0 radical (unpaired) electrons. The molecule has 0 aromatic carbocycles. The Bertz CT molecular complexity index is 54.4. The van der Waals surface area contributed by atoms with Crippen LogP contribution in [0.25, 0.3) is 0 Å². The minimum atomic E-state index is -0.575.